The first-order valence-electron chi connectivity index (χ1n) is 10.2. The van der Waals surface area contributed by atoms with E-state index in [0.29, 0.717) is 33.8 Å². The third-order valence-electron chi connectivity index (χ3n) is 5.42. The van der Waals surface area contributed by atoms with Gasteiger partial charge in [-0.05, 0) is 60.4 Å². The van der Waals surface area contributed by atoms with Gasteiger partial charge in [-0.1, -0.05) is 59.6 Å². The van der Waals surface area contributed by atoms with Crippen LogP contribution in [-0.2, 0) is 16.0 Å². The highest BCUT2D eigenvalue weighted by molar-refractivity contribution is 6.39. The lowest BCUT2D eigenvalue weighted by Crippen LogP contribution is -2.54. The van der Waals surface area contributed by atoms with Crippen molar-refractivity contribution in [2.75, 3.05) is 4.90 Å². The Balaban J connectivity index is 1.65. The predicted molar refractivity (Wildman–Crippen MR) is 126 cm³/mol. The van der Waals surface area contributed by atoms with E-state index in [9.17, 15) is 18.8 Å². The van der Waals surface area contributed by atoms with Crippen molar-refractivity contribution in [2.45, 2.75) is 20.3 Å². The minimum absolute atomic E-state index is 0.188. The number of hydrogen-bond acceptors (Lipinski definition) is 3. The van der Waals surface area contributed by atoms with Crippen LogP contribution in [-0.4, -0.2) is 17.8 Å². The molecule has 0 radical (unpaired) electrons. The maximum atomic E-state index is 14.0. The molecule has 1 N–H and O–H groups in total. The summed E-state index contributed by atoms with van der Waals surface area (Å²) >= 11 is 6.40. The van der Waals surface area contributed by atoms with Crippen molar-refractivity contribution in [3.63, 3.8) is 0 Å². The minimum atomic E-state index is -0.799. The summed E-state index contributed by atoms with van der Waals surface area (Å²) in [5.74, 6) is -1.82. The van der Waals surface area contributed by atoms with E-state index in [1.165, 1.54) is 12.1 Å². The van der Waals surface area contributed by atoms with Crippen LogP contribution in [0.2, 0.25) is 5.02 Å². The molecule has 0 bridgehead atoms. The van der Waals surface area contributed by atoms with Gasteiger partial charge >= 0.3 is 6.03 Å². The molecule has 4 rings (SSSR count). The Labute approximate surface area is 195 Å². The molecule has 1 heterocycles. The number of benzene rings is 3. The third-order valence-corrected chi connectivity index (χ3v) is 5.77. The standard InChI is InChI=1S/C26H20ClFN2O3/c1-15-7-10-23(16(2)11-15)30-25(32)20(24(31)29-26(30)33)12-17-8-9-18(21(27)13-17)14-19-5-3-4-6-22(19)28/h3-13H,14H2,1-2H3,(H,29,31,33)/b20-12+. The number of carbonyl (C=O) groups excluding carboxylic acids is 3. The largest absolute Gasteiger partial charge is 0.335 e. The summed E-state index contributed by atoms with van der Waals surface area (Å²) in [5.41, 5.74) is 3.65. The van der Waals surface area contributed by atoms with Crippen LogP contribution >= 0.6 is 11.6 Å². The van der Waals surface area contributed by atoms with Gasteiger partial charge in [0.2, 0.25) is 0 Å². The average molecular weight is 463 g/mol. The maximum absolute atomic E-state index is 14.0. The number of urea groups is 1. The van der Waals surface area contributed by atoms with Crippen molar-refractivity contribution < 1.29 is 18.8 Å². The predicted octanol–water partition coefficient (Wildman–Crippen LogP) is 5.35. The summed E-state index contributed by atoms with van der Waals surface area (Å²) in [5, 5.41) is 2.59. The third kappa shape index (κ3) is 4.56. The van der Waals surface area contributed by atoms with Crippen molar-refractivity contribution in [2.24, 2.45) is 0 Å². The molecule has 0 saturated carbocycles. The molecule has 7 heteroatoms. The zero-order chi connectivity index (χ0) is 23.7. The molecule has 1 fully saturated rings. The Morgan fingerprint density at radius 2 is 1.73 bits per heavy atom. The number of aryl methyl sites for hydroxylation is 2. The fourth-order valence-electron chi connectivity index (χ4n) is 3.74. The van der Waals surface area contributed by atoms with Crippen LogP contribution in [0.25, 0.3) is 6.08 Å². The molecule has 33 heavy (non-hydrogen) atoms. The van der Waals surface area contributed by atoms with Gasteiger partial charge in [0.15, 0.2) is 0 Å². The normalized spacial score (nSPS) is 15.2. The molecule has 0 atom stereocenters. The summed E-state index contributed by atoms with van der Waals surface area (Å²) < 4.78 is 14.0. The fraction of sp³-hybridized carbons (Fsp3) is 0.115. The highest BCUT2D eigenvalue weighted by Crippen LogP contribution is 2.27. The number of anilines is 1. The second kappa shape index (κ2) is 9.00. The zero-order valence-corrected chi connectivity index (χ0v) is 18.7. The molecular formula is C26H20ClFN2O3. The van der Waals surface area contributed by atoms with Crippen LogP contribution in [0.3, 0.4) is 0 Å². The number of carbonyl (C=O) groups is 3. The van der Waals surface area contributed by atoms with Gasteiger partial charge in [-0.3, -0.25) is 14.9 Å². The zero-order valence-electron chi connectivity index (χ0n) is 18.0. The summed E-state index contributed by atoms with van der Waals surface area (Å²) in [6, 6.07) is 16.0. The molecule has 3 aromatic rings. The Morgan fingerprint density at radius 3 is 2.42 bits per heavy atom. The molecule has 1 saturated heterocycles. The number of amides is 4. The molecule has 1 aliphatic rings. The Kier molecular flexibility index (Phi) is 6.11. The van der Waals surface area contributed by atoms with Crippen molar-refractivity contribution >= 4 is 41.2 Å². The highest BCUT2D eigenvalue weighted by Gasteiger charge is 2.37. The maximum Gasteiger partial charge on any atom is 0.335 e. The van der Waals surface area contributed by atoms with Gasteiger partial charge in [-0.15, -0.1) is 0 Å². The summed E-state index contributed by atoms with van der Waals surface area (Å²) in [7, 11) is 0. The summed E-state index contributed by atoms with van der Waals surface area (Å²) in [6.45, 7) is 3.69. The Hall–Kier alpha value is -3.77. The molecule has 3 aromatic carbocycles. The molecule has 0 spiro atoms. The average Bonchev–Trinajstić information content (AvgIpc) is 2.76. The summed E-state index contributed by atoms with van der Waals surface area (Å²) in [6.07, 6.45) is 1.69. The molecule has 0 aliphatic carbocycles. The van der Waals surface area contributed by atoms with Gasteiger partial charge in [0.05, 0.1) is 5.69 Å². The van der Waals surface area contributed by atoms with Crippen molar-refractivity contribution in [1.29, 1.82) is 0 Å². The smallest absolute Gasteiger partial charge is 0.273 e. The fourth-order valence-corrected chi connectivity index (χ4v) is 4.00. The van der Waals surface area contributed by atoms with E-state index in [4.69, 9.17) is 11.6 Å². The second-order valence-corrected chi connectivity index (χ2v) is 8.27. The quantitative estimate of drug-likeness (QED) is 0.419. The highest BCUT2D eigenvalue weighted by atomic mass is 35.5. The topological polar surface area (TPSA) is 66.5 Å². The number of barbiturate groups is 1. The molecule has 5 nitrogen and oxygen atoms in total. The van der Waals surface area contributed by atoms with E-state index in [1.54, 1.807) is 55.5 Å². The van der Waals surface area contributed by atoms with Gasteiger partial charge in [-0.2, -0.15) is 0 Å². The molecule has 1 aliphatic heterocycles. The molecule has 0 aromatic heterocycles. The molecule has 0 unspecified atom stereocenters. The number of halogens is 2. The lowest BCUT2D eigenvalue weighted by atomic mass is 10.0. The molecule has 4 amide bonds. The number of rotatable bonds is 4. The van der Waals surface area contributed by atoms with Crippen LogP contribution in [0.15, 0.2) is 66.2 Å². The first-order chi connectivity index (χ1) is 15.7. The van der Waals surface area contributed by atoms with Gasteiger partial charge < -0.3 is 0 Å². The number of imide groups is 2. The first-order valence-corrected chi connectivity index (χ1v) is 10.6. The summed E-state index contributed by atoms with van der Waals surface area (Å²) in [4.78, 5) is 39.0. The van der Waals surface area contributed by atoms with Crippen LogP contribution in [0.4, 0.5) is 14.9 Å². The van der Waals surface area contributed by atoms with E-state index in [1.807, 2.05) is 13.0 Å². The van der Waals surface area contributed by atoms with Crippen molar-refractivity contribution in [3.05, 3.63) is 105 Å². The SMILES string of the molecule is Cc1ccc(N2C(=O)NC(=O)/C(=C\c3ccc(Cc4ccccc4F)c(Cl)c3)C2=O)c(C)c1. The van der Waals surface area contributed by atoms with E-state index >= 15 is 0 Å². The lowest BCUT2D eigenvalue weighted by molar-refractivity contribution is -0.122. The lowest BCUT2D eigenvalue weighted by Gasteiger charge is -2.27. The molecule has 166 valence electrons. The number of nitrogens with one attached hydrogen (secondary N) is 1. The van der Waals surface area contributed by atoms with Crippen LogP contribution < -0.4 is 10.2 Å². The van der Waals surface area contributed by atoms with Gasteiger partial charge in [0.25, 0.3) is 11.8 Å². The second-order valence-electron chi connectivity index (χ2n) is 7.87. The van der Waals surface area contributed by atoms with Gasteiger partial charge in [0.1, 0.15) is 11.4 Å². The first kappa shape index (κ1) is 22.4. The van der Waals surface area contributed by atoms with Crippen molar-refractivity contribution in [1.82, 2.24) is 5.32 Å². The van der Waals surface area contributed by atoms with E-state index in [2.05, 4.69) is 5.32 Å². The van der Waals surface area contributed by atoms with Crippen molar-refractivity contribution in [3.8, 4) is 0 Å². The van der Waals surface area contributed by atoms with Gasteiger partial charge in [-0.25, -0.2) is 14.1 Å². The van der Waals surface area contributed by atoms with E-state index in [0.717, 1.165) is 16.0 Å². The van der Waals surface area contributed by atoms with E-state index < -0.39 is 17.8 Å². The monoisotopic (exact) mass is 462 g/mol. The minimum Gasteiger partial charge on any atom is -0.273 e. The van der Waals surface area contributed by atoms with Gasteiger partial charge in [0, 0.05) is 11.4 Å². The van der Waals surface area contributed by atoms with Crippen LogP contribution in [0, 0.1) is 19.7 Å². The Bertz CT molecular complexity index is 1330. The number of nitrogens with zero attached hydrogens (tertiary/aromatic N) is 1. The van der Waals surface area contributed by atoms with Crippen LogP contribution in [0.1, 0.15) is 27.8 Å². The van der Waals surface area contributed by atoms with E-state index in [-0.39, 0.29) is 11.4 Å². The van der Waals surface area contributed by atoms with Crippen LogP contribution in [0.5, 0.6) is 0 Å². The molecular weight excluding hydrogens is 443 g/mol. The Morgan fingerprint density at radius 1 is 0.970 bits per heavy atom. The number of hydrogen-bond donors (Lipinski definition) is 1.